The molecule has 0 spiro atoms. The fraction of sp³-hybridized carbons (Fsp3) is 0.583. The lowest BCUT2D eigenvalue weighted by molar-refractivity contribution is -0.0167. The quantitative estimate of drug-likeness (QED) is 0.796. The van der Waals surface area contributed by atoms with Crippen molar-refractivity contribution in [2.24, 2.45) is 0 Å². The summed E-state index contributed by atoms with van der Waals surface area (Å²) in [5, 5.41) is 0. The predicted octanol–water partition coefficient (Wildman–Crippen LogP) is 2.17. The number of ether oxygens (including phenoxy) is 2. The molecule has 0 saturated heterocycles. The van der Waals surface area contributed by atoms with Crippen LogP contribution in [0.25, 0.3) is 0 Å². The van der Waals surface area contributed by atoms with E-state index in [1.54, 1.807) is 6.20 Å². The molecule has 0 bridgehead atoms. The Morgan fingerprint density at radius 1 is 1.31 bits per heavy atom. The van der Waals surface area contributed by atoms with Crippen LogP contribution in [0.15, 0.2) is 12.3 Å². The third-order valence-electron chi connectivity index (χ3n) is 2.03. The van der Waals surface area contributed by atoms with Crippen molar-refractivity contribution in [3.8, 4) is 5.88 Å². The maximum Gasteiger partial charge on any atom is 0.237 e. The van der Waals surface area contributed by atoms with Crippen LogP contribution in [0.5, 0.6) is 5.88 Å². The third kappa shape index (κ3) is 4.06. The van der Waals surface area contributed by atoms with E-state index in [2.05, 4.69) is 4.98 Å². The second kappa shape index (κ2) is 5.16. The molecule has 1 rings (SSSR count). The number of hydrogen-bond acceptors (Lipinski definition) is 4. The van der Waals surface area contributed by atoms with Crippen molar-refractivity contribution in [3.05, 3.63) is 17.8 Å². The fourth-order valence-corrected chi connectivity index (χ4v) is 1.15. The number of nitrogens with two attached hydrogens (primary N) is 1. The summed E-state index contributed by atoms with van der Waals surface area (Å²) in [6.45, 7) is 8.93. The average molecular weight is 224 g/mol. The van der Waals surface area contributed by atoms with Gasteiger partial charge in [-0.2, -0.15) is 0 Å². The molecule has 0 unspecified atom stereocenters. The van der Waals surface area contributed by atoms with Gasteiger partial charge in [0, 0.05) is 6.20 Å². The van der Waals surface area contributed by atoms with Crippen LogP contribution >= 0.6 is 0 Å². The number of nitrogens with zero attached hydrogens (tertiary/aromatic N) is 1. The second-order valence-electron chi connectivity index (χ2n) is 4.66. The molecular formula is C12H20N2O2. The highest BCUT2D eigenvalue weighted by Crippen LogP contribution is 2.20. The van der Waals surface area contributed by atoms with Crippen molar-refractivity contribution < 1.29 is 9.47 Å². The van der Waals surface area contributed by atoms with Gasteiger partial charge in [-0.05, 0) is 39.3 Å². The molecule has 1 aromatic heterocycles. The Morgan fingerprint density at radius 3 is 2.62 bits per heavy atom. The van der Waals surface area contributed by atoms with Gasteiger partial charge in [0.05, 0.1) is 17.9 Å². The predicted molar refractivity (Wildman–Crippen MR) is 64.6 cm³/mol. The number of aromatic nitrogens is 1. The second-order valence-corrected chi connectivity index (χ2v) is 4.66. The van der Waals surface area contributed by atoms with Crippen molar-refractivity contribution >= 4 is 5.69 Å². The lowest BCUT2D eigenvalue weighted by atomic mass is 10.2. The first-order valence-electron chi connectivity index (χ1n) is 5.38. The topological polar surface area (TPSA) is 57.4 Å². The van der Waals surface area contributed by atoms with Crippen molar-refractivity contribution in [2.75, 3.05) is 18.9 Å². The van der Waals surface area contributed by atoms with Gasteiger partial charge in [-0.3, -0.25) is 0 Å². The molecule has 0 aliphatic rings. The van der Waals surface area contributed by atoms with Crippen LogP contribution in [0.2, 0.25) is 0 Å². The molecule has 0 aliphatic carbocycles. The van der Waals surface area contributed by atoms with Gasteiger partial charge in [0.1, 0.15) is 6.61 Å². The highest BCUT2D eigenvalue weighted by Gasteiger charge is 2.10. The van der Waals surface area contributed by atoms with Gasteiger partial charge in [0.2, 0.25) is 5.88 Å². The monoisotopic (exact) mass is 224 g/mol. The summed E-state index contributed by atoms with van der Waals surface area (Å²) in [4.78, 5) is 4.07. The van der Waals surface area contributed by atoms with E-state index in [0.29, 0.717) is 24.8 Å². The largest absolute Gasteiger partial charge is 0.474 e. The van der Waals surface area contributed by atoms with E-state index in [-0.39, 0.29) is 5.60 Å². The van der Waals surface area contributed by atoms with Crippen LogP contribution in [0.1, 0.15) is 26.3 Å². The van der Waals surface area contributed by atoms with E-state index in [0.717, 1.165) is 5.56 Å². The molecule has 0 aliphatic heterocycles. The molecule has 0 aromatic carbocycles. The zero-order chi connectivity index (χ0) is 12.2. The molecule has 0 atom stereocenters. The molecule has 2 N–H and O–H groups in total. The van der Waals surface area contributed by atoms with Crippen LogP contribution in [0, 0.1) is 6.92 Å². The first kappa shape index (κ1) is 12.8. The van der Waals surface area contributed by atoms with E-state index < -0.39 is 0 Å². The van der Waals surface area contributed by atoms with Crippen molar-refractivity contribution in [3.63, 3.8) is 0 Å². The summed E-state index contributed by atoms with van der Waals surface area (Å²) in [5.41, 5.74) is 7.25. The van der Waals surface area contributed by atoms with Crippen molar-refractivity contribution in [2.45, 2.75) is 33.3 Å². The van der Waals surface area contributed by atoms with Gasteiger partial charge in [0.15, 0.2) is 0 Å². The normalized spacial score (nSPS) is 11.5. The maximum absolute atomic E-state index is 5.82. The SMILES string of the molecule is Cc1ccnc(OCCOC(C)(C)C)c1N. The minimum absolute atomic E-state index is 0.144. The van der Waals surface area contributed by atoms with Crippen molar-refractivity contribution in [1.82, 2.24) is 4.98 Å². The molecule has 90 valence electrons. The number of anilines is 1. The minimum Gasteiger partial charge on any atom is -0.474 e. The number of rotatable bonds is 4. The summed E-state index contributed by atoms with van der Waals surface area (Å²) >= 11 is 0. The molecule has 16 heavy (non-hydrogen) atoms. The van der Waals surface area contributed by atoms with Crippen LogP contribution < -0.4 is 10.5 Å². The molecule has 0 amide bonds. The molecule has 4 nitrogen and oxygen atoms in total. The first-order valence-corrected chi connectivity index (χ1v) is 5.38. The standard InChI is InChI=1S/C12H20N2O2/c1-9-5-6-14-11(10(9)13)15-7-8-16-12(2,3)4/h5-6H,7-8,13H2,1-4H3. The Kier molecular flexibility index (Phi) is 4.12. The summed E-state index contributed by atoms with van der Waals surface area (Å²) in [7, 11) is 0. The number of aryl methyl sites for hydroxylation is 1. The molecule has 0 fully saturated rings. The molecule has 1 heterocycles. The Bertz CT molecular complexity index is 345. The molecule has 0 radical (unpaired) electrons. The van der Waals surface area contributed by atoms with Gasteiger partial charge in [-0.15, -0.1) is 0 Å². The van der Waals surface area contributed by atoms with Crippen LogP contribution in [-0.4, -0.2) is 23.8 Å². The molecule has 0 saturated carbocycles. The van der Waals surface area contributed by atoms with Gasteiger partial charge >= 0.3 is 0 Å². The van der Waals surface area contributed by atoms with Gasteiger partial charge < -0.3 is 15.2 Å². The molecule has 4 heteroatoms. The summed E-state index contributed by atoms with van der Waals surface area (Å²) in [6.07, 6.45) is 1.69. The Morgan fingerprint density at radius 2 is 2.00 bits per heavy atom. The lowest BCUT2D eigenvalue weighted by Gasteiger charge is -2.19. The van der Waals surface area contributed by atoms with Crippen molar-refractivity contribution in [1.29, 1.82) is 0 Å². The lowest BCUT2D eigenvalue weighted by Crippen LogP contribution is -2.22. The van der Waals surface area contributed by atoms with E-state index in [1.165, 1.54) is 0 Å². The minimum atomic E-state index is -0.144. The van der Waals surface area contributed by atoms with Gasteiger partial charge in [-0.1, -0.05) is 0 Å². The number of pyridine rings is 1. The van der Waals surface area contributed by atoms with E-state index >= 15 is 0 Å². The van der Waals surface area contributed by atoms with E-state index in [9.17, 15) is 0 Å². The van der Waals surface area contributed by atoms with E-state index in [1.807, 2.05) is 33.8 Å². The number of hydrogen-bond donors (Lipinski definition) is 1. The van der Waals surface area contributed by atoms with E-state index in [4.69, 9.17) is 15.2 Å². The summed E-state index contributed by atoms with van der Waals surface area (Å²) in [6, 6.07) is 1.86. The summed E-state index contributed by atoms with van der Waals surface area (Å²) < 4.78 is 11.0. The number of nitrogen functional groups attached to an aromatic ring is 1. The Hall–Kier alpha value is -1.29. The smallest absolute Gasteiger partial charge is 0.237 e. The summed E-state index contributed by atoms with van der Waals surface area (Å²) in [5.74, 6) is 0.484. The third-order valence-corrected chi connectivity index (χ3v) is 2.03. The molecular weight excluding hydrogens is 204 g/mol. The zero-order valence-corrected chi connectivity index (χ0v) is 10.4. The van der Waals surface area contributed by atoms with Crippen LogP contribution in [0.3, 0.4) is 0 Å². The Labute approximate surface area is 96.8 Å². The highest BCUT2D eigenvalue weighted by atomic mass is 16.5. The molecule has 1 aromatic rings. The zero-order valence-electron chi connectivity index (χ0n) is 10.4. The highest BCUT2D eigenvalue weighted by molar-refractivity contribution is 5.53. The maximum atomic E-state index is 5.82. The van der Waals surface area contributed by atoms with Crippen LogP contribution in [-0.2, 0) is 4.74 Å². The average Bonchev–Trinajstić information content (AvgIpc) is 2.17. The van der Waals surface area contributed by atoms with Gasteiger partial charge in [0.25, 0.3) is 0 Å². The first-order chi connectivity index (χ1) is 7.40. The van der Waals surface area contributed by atoms with Crippen LogP contribution in [0.4, 0.5) is 5.69 Å². The fourth-order valence-electron chi connectivity index (χ4n) is 1.15. The Balaban J connectivity index is 2.41. The van der Waals surface area contributed by atoms with Gasteiger partial charge in [-0.25, -0.2) is 4.98 Å².